The third kappa shape index (κ3) is 1.80. The van der Waals surface area contributed by atoms with Crippen LogP contribution in [0.25, 0.3) is 0 Å². The Morgan fingerprint density at radius 1 is 1.44 bits per heavy atom. The molecule has 0 aliphatic carbocycles. The molecule has 0 aromatic rings. The molecular weight excluding hydrogens is 206 g/mol. The van der Waals surface area contributed by atoms with Crippen LogP contribution < -0.4 is 0 Å². The fraction of sp³-hybridized carbons (Fsp3) is 0.818. The SMILES string of the molecule is CN1C(=O)N=C(C(C)(C)C)N2CCOCC12. The molecule has 5 nitrogen and oxygen atoms in total. The Morgan fingerprint density at radius 2 is 2.12 bits per heavy atom. The summed E-state index contributed by atoms with van der Waals surface area (Å²) >= 11 is 0. The summed E-state index contributed by atoms with van der Waals surface area (Å²) in [6.45, 7) is 8.31. The largest absolute Gasteiger partial charge is 0.376 e. The van der Waals surface area contributed by atoms with E-state index in [9.17, 15) is 4.79 Å². The summed E-state index contributed by atoms with van der Waals surface area (Å²) in [5.41, 5.74) is -0.105. The Hall–Kier alpha value is -1.10. The maximum absolute atomic E-state index is 11.8. The Labute approximate surface area is 96.1 Å². The minimum absolute atomic E-state index is 0.00738. The predicted octanol–water partition coefficient (Wildman–Crippen LogP) is 1.15. The van der Waals surface area contributed by atoms with Crippen molar-refractivity contribution >= 4 is 11.9 Å². The summed E-state index contributed by atoms with van der Waals surface area (Å²) in [5, 5.41) is 0. The van der Waals surface area contributed by atoms with Crippen molar-refractivity contribution < 1.29 is 9.53 Å². The monoisotopic (exact) mass is 225 g/mol. The van der Waals surface area contributed by atoms with E-state index in [-0.39, 0.29) is 17.6 Å². The quantitative estimate of drug-likeness (QED) is 0.621. The van der Waals surface area contributed by atoms with Gasteiger partial charge in [-0.15, -0.1) is 0 Å². The van der Waals surface area contributed by atoms with Gasteiger partial charge in [0.2, 0.25) is 0 Å². The van der Waals surface area contributed by atoms with Crippen molar-refractivity contribution in [3.05, 3.63) is 0 Å². The number of morpholine rings is 1. The number of ether oxygens (including phenoxy) is 1. The summed E-state index contributed by atoms with van der Waals surface area (Å²) in [6.07, 6.45) is 0.00738. The lowest BCUT2D eigenvalue weighted by Gasteiger charge is -2.47. The number of fused-ring (bicyclic) bond motifs is 1. The second-order valence-electron chi connectivity index (χ2n) is 5.33. The third-order valence-corrected chi connectivity index (χ3v) is 3.00. The van der Waals surface area contributed by atoms with Gasteiger partial charge in [-0.1, -0.05) is 20.8 Å². The van der Waals surface area contributed by atoms with Gasteiger partial charge >= 0.3 is 6.03 Å². The first-order valence-electron chi connectivity index (χ1n) is 5.61. The molecule has 0 bridgehead atoms. The fourth-order valence-electron chi connectivity index (χ4n) is 2.12. The predicted molar refractivity (Wildman–Crippen MR) is 61.4 cm³/mol. The number of carbonyl (C=O) groups is 1. The van der Waals surface area contributed by atoms with Crippen LogP contribution >= 0.6 is 0 Å². The molecule has 1 atom stereocenters. The maximum Gasteiger partial charge on any atom is 0.346 e. The first kappa shape index (κ1) is 11.4. The highest BCUT2D eigenvalue weighted by Crippen LogP contribution is 2.27. The molecule has 0 saturated carbocycles. The van der Waals surface area contributed by atoms with Crippen LogP contribution in [0.1, 0.15) is 20.8 Å². The standard InChI is InChI=1S/C11H19N3O2/c1-11(2,3)9-12-10(15)13(4)8-7-16-6-5-14(8)9/h8H,5-7H2,1-4H3. The van der Waals surface area contributed by atoms with Gasteiger partial charge in [-0.3, -0.25) is 0 Å². The lowest BCUT2D eigenvalue weighted by atomic mass is 9.92. The van der Waals surface area contributed by atoms with E-state index >= 15 is 0 Å². The summed E-state index contributed by atoms with van der Waals surface area (Å²) in [4.78, 5) is 19.8. The van der Waals surface area contributed by atoms with Crippen molar-refractivity contribution in [1.29, 1.82) is 0 Å². The van der Waals surface area contributed by atoms with Gasteiger partial charge in [0.1, 0.15) is 12.0 Å². The molecule has 0 aromatic carbocycles. The number of carbonyl (C=O) groups excluding carboxylic acids is 1. The number of urea groups is 1. The van der Waals surface area contributed by atoms with Gasteiger partial charge < -0.3 is 14.5 Å². The van der Waals surface area contributed by atoms with Gasteiger partial charge in [-0.25, -0.2) is 4.79 Å². The van der Waals surface area contributed by atoms with Gasteiger partial charge in [-0.05, 0) is 0 Å². The number of rotatable bonds is 0. The van der Waals surface area contributed by atoms with Crippen molar-refractivity contribution in [2.24, 2.45) is 10.4 Å². The topological polar surface area (TPSA) is 45.1 Å². The van der Waals surface area contributed by atoms with E-state index in [0.29, 0.717) is 13.2 Å². The number of amidine groups is 1. The molecule has 1 fully saturated rings. The molecule has 2 rings (SSSR count). The maximum atomic E-state index is 11.8. The van der Waals surface area contributed by atoms with Gasteiger partial charge in [0, 0.05) is 19.0 Å². The molecule has 0 spiro atoms. The molecule has 2 heterocycles. The first-order chi connectivity index (χ1) is 7.41. The van der Waals surface area contributed by atoms with Crippen LogP contribution in [0.15, 0.2) is 4.99 Å². The molecule has 16 heavy (non-hydrogen) atoms. The number of hydrogen-bond acceptors (Lipinski definition) is 3. The van der Waals surface area contributed by atoms with Gasteiger partial charge in [0.05, 0.1) is 13.2 Å². The van der Waals surface area contributed by atoms with E-state index in [4.69, 9.17) is 4.74 Å². The number of nitrogens with zero attached hydrogens (tertiary/aromatic N) is 3. The number of likely N-dealkylation sites (N-methyl/N-ethyl adjacent to an activating group) is 1. The Bertz CT molecular complexity index is 333. The Balaban J connectivity index is 2.36. The van der Waals surface area contributed by atoms with Crippen LogP contribution in [-0.4, -0.2) is 54.6 Å². The lowest BCUT2D eigenvalue weighted by molar-refractivity contribution is -0.0287. The fourth-order valence-corrected chi connectivity index (χ4v) is 2.12. The van der Waals surface area contributed by atoms with E-state index in [2.05, 4.69) is 30.7 Å². The van der Waals surface area contributed by atoms with Crippen LogP contribution in [-0.2, 0) is 4.74 Å². The Kier molecular flexibility index (Phi) is 2.66. The summed E-state index contributed by atoms with van der Waals surface area (Å²) in [5.74, 6) is 0.879. The van der Waals surface area contributed by atoms with E-state index in [1.807, 2.05) is 0 Å². The number of hydrogen-bond donors (Lipinski definition) is 0. The van der Waals surface area contributed by atoms with E-state index in [0.717, 1.165) is 12.4 Å². The molecular formula is C11H19N3O2. The van der Waals surface area contributed by atoms with Crippen LogP contribution in [0.2, 0.25) is 0 Å². The van der Waals surface area contributed by atoms with Crippen LogP contribution in [0.5, 0.6) is 0 Å². The summed E-state index contributed by atoms with van der Waals surface area (Å²) < 4.78 is 5.43. The van der Waals surface area contributed by atoms with Crippen molar-refractivity contribution in [3.63, 3.8) is 0 Å². The zero-order chi connectivity index (χ0) is 11.9. The van der Waals surface area contributed by atoms with Crippen molar-refractivity contribution in [2.45, 2.75) is 26.9 Å². The molecule has 0 N–H and O–H groups in total. The number of amides is 2. The van der Waals surface area contributed by atoms with Crippen LogP contribution in [0, 0.1) is 5.41 Å². The molecule has 2 aliphatic rings. The molecule has 1 saturated heterocycles. The second-order valence-corrected chi connectivity index (χ2v) is 5.33. The van der Waals surface area contributed by atoms with Gasteiger partial charge in [0.15, 0.2) is 0 Å². The van der Waals surface area contributed by atoms with Gasteiger partial charge in [0.25, 0.3) is 0 Å². The highest BCUT2D eigenvalue weighted by Gasteiger charge is 2.39. The van der Waals surface area contributed by atoms with E-state index in [1.165, 1.54) is 0 Å². The lowest BCUT2D eigenvalue weighted by Crippen LogP contribution is -2.62. The normalized spacial score (nSPS) is 26.6. The van der Waals surface area contributed by atoms with Crippen molar-refractivity contribution in [1.82, 2.24) is 9.80 Å². The third-order valence-electron chi connectivity index (χ3n) is 3.00. The molecule has 0 radical (unpaired) electrons. The average molecular weight is 225 g/mol. The molecule has 2 amide bonds. The second kappa shape index (κ2) is 3.73. The summed E-state index contributed by atoms with van der Waals surface area (Å²) in [7, 11) is 1.78. The molecule has 5 heteroatoms. The smallest absolute Gasteiger partial charge is 0.346 e. The first-order valence-corrected chi connectivity index (χ1v) is 5.61. The molecule has 0 aromatic heterocycles. The zero-order valence-corrected chi connectivity index (χ0v) is 10.4. The minimum Gasteiger partial charge on any atom is -0.376 e. The molecule has 1 unspecified atom stereocenters. The van der Waals surface area contributed by atoms with Crippen LogP contribution in [0.4, 0.5) is 4.79 Å². The highest BCUT2D eigenvalue weighted by molar-refractivity contribution is 5.98. The molecule has 2 aliphatic heterocycles. The minimum atomic E-state index is -0.170. The number of aliphatic imine (C=N–C) groups is 1. The Morgan fingerprint density at radius 3 is 2.75 bits per heavy atom. The van der Waals surface area contributed by atoms with Crippen molar-refractivity contribution in [3.8, 4) is 0 Å². The zero-order valence-electron chi connectivity index (χ0n) is 10.4. The van der Waals surface area contributed by atoms with Crippen LogP contribution in [0.3, 0.4) is 0 Å². The average Bonchev–Trinajstić information content (AvgIpc) is 2.22. The van der Waals surface area contributed by atoms with Gasteiger partial charge in [-0.2, -0.15) is 4.99 Å². The van der Waals surface area contributed by atoms with E-state index < -0.39 is 0 Å². The van der Waals surface area contributed by atoms with E-state index in [1.54, 1.807) is 11.9 Å². The summed E-state index contributed by atoms with van der Waals surface area (Å²) in [6, 6.07) is -0.170. The molecule has 90 valence electrons. The van der Waals surface area contributed by atoms with Crippen molar-refractivity contribution in [2.75, 3.05) is 26.8 Å². The highest BCUT2D eigenvalue weighted by atomic mass is 16.5.